The predicted octanol–water partition coefficient (Wildman–Crippen LogP) is 0.936. The first-order valence-electron chi connectivity index (χ1n) is 3.34. The SMILES string of the molecule is CCc1ccc(/C(N)=N/O)o1. The number of aryl methyl sites for hydroxylation is 1. The summed E-state index contributed by atoms with van der Waals surface area (Å²) in [5.74, 6) is 1.24. The second-order valence-corrected chi connectivity index (χ2v) is 2.10. The summed E-state index contributed by atoms with van der Waals surface area (Å²) in [4.78, 5) is 0. The highest BCUT2D eigenvalue weighted by Crippen LogP contribution is 2.07. The van der Waals surface area contributed by atoms with Crippen LogP contribution in [0.5, 0.6) is 0 Å². The Bertz CT molecular complexity index is 265. The molecule has 1 rings (SSSR count). The molecule has 1 heterocycles. The van der Waals surface area contributed by atoms with Gasteiger partial charge in [-0.1, -0.05) is 12.1 Å². The van der Waals surface area contributed by atoms with Crippen molar-refractivity contribution in [3.8, 4) is 0 Å². The molecule has 0 aliphatic rings. The number of oxime groups is 1. The number of furan rings is 1. The zero-order chi connectivity index (χ0) is 8.27. The first-order valence-corrected chi connectivity index (χ1v) is 3.34. The van der Waals surface area contributed by atoms with Gasteiger partial charge in [-0.3, -0.25) is 0 Å². The lowest BCUT2D eigenvalue weighted by molar-refractivity contribution is 0.317. The highest BCUT2D eigenvalue weighted by molar-refractivity contribution is 5.94. The maximum atomic E-state index is 8.27. The van der Waals surface area contributed by atoms with Gasteiger partial charge >= 0.3 is 0 Å². The van der Waals surface area contributed by atoms with Crippen molar-refractivity contribution in [1.82, 2.24) is 0 Å². The lowest BCUT2D eigenvalue weighted by Gasteiger charge is -1.90. The summed E-state index contributed by atoms with van der Waals surface area (Å²) in [5, 5.41) is 11.1. The molecular weight excluding hydrogens is 144 g/mol. The quantitative estimate of drug-likeness (QED) is 0.288. The third kappa shape index (κ3) is 1.52. The summed E-state index contributed by atoms with van der Waals surface area (Å²) < 4.78 is 5.17. The molecule has 0 bridgehead atoms. The number of hydrogen-bond donors (Lipinski definition) is 2. The van der Waals surface area contributed by atoms with E-state index in [1.165, 1.54) is 0 Å². The molecule has 0 radical (unpaired) electrons. The van der Waals surface area contributed by atoms with E-state index in [0.717, 1.165) is 12.2 Å². The molecule has 0 spiro atoms. The molecule has 0 atom stereocenters. The van der Waals surface area contributed by atoms with Crippen molar-refractivity contribution in [2.24, 2.45) is 10.9 Å². The second-order valence-electron chi connectivity index (χ2n) is 2.10. The van der Waals surface area contributed by atoms with Crippen molar-refractivity contribution in [3.63, 3.8) is 0 Å². The monoisotopic (exact) mass is 154 g/mol. The van der Waals surface area contributed by atoms with Crippen molar-refractivity contribution in [2.45, 2.75) is 13.3 Å². The molecule has 3 N–H and O–H groups in total. The Morgan fingerprint density at radius 1 is 1.73 bits per heavy atom. The Hall–Kier alpha value is -1.45. The maximum Gasteiger partial charge on any atom is 0.205 e. The lowest BCUT2D eigenvalue weighted by atomic mass is 10.3. The summed E-state index contributed by atoms with van der Waals surface area (Å²) in [7, 11) is 0. The molecule has 0 aromatic carbocycles. The highest BCUT2D eigenvalue weighted by atomic mass is 16.4. The van der Waals surface area contributed by atoms with Gasteiger partial charge in [-0.15, -0.1) is 0 Å². The Morgan fingerprint density at radius 2 is 2.45 bits per heavy atom. The molecule has 0 amide bonds. The summed E-state index contributed by atoms with van der Waals surface area (Å²) in [5.41, 5.74) is 5.27. The van der Waals surface area contributed by atoms with Crippen molar-refractivity contribution in [3.05, 3.63) is 23.7 Å². The van der Waals surface area contributed by atoms with E-state index in [0.29, 0.717) is 5.76 Å². The Balaban J connectivity index is 2.89. The van der Waals surface area contributed by atoms with Gasteiger partial charge in [0.25, 0.3) is 0 Å². The van der Waals surface area contributed by atoms with Gasteiger partial charge in [0.1, 0.15) is 5.76 Å². The average molecular weight is 154 g/mol. The third-order valence-electron chi connectivity index (χ3n) is 1.37. The first kappa shape index (κ1) is 7.65. The van der Waals surface area contributed by atoms with Crippen molar-refractivity contribution in [2.75, 3.05) is 0 Å². The van der Waals surface area contributed by atoms with Gasteiger partial charge in [-0.05, 0) is 12.1 Å². The van der Waals surface area contributed by atoms with Gasteiger partial charge in [0.2, 0.25) is 5.84 Å². The molecule has 0 aliphatic carbocycles. The van der Waals surface area contributed by atoms with Gasteiger partial charge < -0.3 is 15.4 Å². The van der Waals surface area contributed by atoms with Gasteiger partial charge in [-0.25, -0.2) is 0 Å². The zero-order valence-electron chi connectivity index (χ0n) is 6.24. The maximum absolute atomic E-state index is 8.27. The summed E-state index contributed by atoms with van der Waals surface area (Å²) in [6, 6.07) is 3.47. The molecule has 0 aliphatic heterocycles. The fourth-order valence-electron chi connectivity index (χ4n) is 0.755. The normalized spacial score (nSPS) is 11.9. The minimum Gasteiger partial charge on any atom is -0.458 e. The topological polar surface area (TPSA) is 71.8 Å². The van der Waals surface area contributed by atoms with Crippen LogP contribution in [0.1, 0.15) is 18.4 Å². The smallest absolute Gasteiger partial charge is 0.205 e. The van der Waals surface area contributed by atoms with Crippen LogP contribution in [-0.4, -0.2) is 11.0 Å². The summed E-state index contributed by atoms with van der Waals surface area (Å²) in [6.07, 6.45) is 0.804. The van der Waals surface area contributed by atoms with Gasteiger partial charge in [0.15, 0.2) is 5.76 Å². The van der Waals surface area contributed by atoms with E-state index in [1.54, 1.807) is 12.1 Å². The van der Waals surface area contributed by atoms with Crippen LogP contribution >= 0.6 is 0 Å². The van der Waals surface area contributed by atoms with Crippen LogP contribution in [0.15, 0.2) is 21.7 Å². The minimum absolute atomic E-state index is 0.00435. The van der Waals surface area contributed by atoms with Crippen molar-refractivity contribution < 1.29 is 9.62 Å². The number of amidine groups is 1. The van der Waals surface area contributed by atoms with Crippen LogP contribution in [0.4, 0.5) is 0 Å². The van der Waals surface area contributed by atoms with E-state index in [9.17, 15) is 0 Å². The lowest BCUT2D eigenvalue weighted by Crippen LogP contribution is -2.11. The third-order valence-corrected chi connectivity index (χ3v) is 1.37. The van der Waals surface area contributed by atoms with Crippen LogP contribution in [0.25, 0.3) is 0 Å². The van der Waals surface area contributed by atoms with Crippen molar-refractivity contribution in [1.29, 1.82) is 0 Å². The van der Waals surface area contributed by atoms with E-state index in [1.807, 2.05) is 6.92 Å². The number of nitrogens with zero attached hydrogens (tertiary/aromatic N) is 1. The fraction of sp³-hybridized carbons (Fsp3) is 0.286. The minimum atomic E-state index is 0.00435. The van der Waals surface area contributed by atoms with E-state index in [4.69, 9.17) is 15.4 Å². The summed E-state index contributed by atoms with van der Waals surface area (Å²) >= 11 is 0. The summed E-state index contributed by atoms with van der Waals surface area (Å²) in [6.45, 7) is 1.97. The van der Waals surface area contributed by atoms with Gasteiger partial charge in [0, 0.05) is 6.42 Å². The van der Waals surface area contributed by atoms with Crippen LogP contribution in [0, 0.1) is 0 Å². The Labute approximate surface area is 64.3 Å². The molecule has 0 saturated carbocycles. The molecule has 4 nitrogen and oxygen atoms in total. The van der Waals surface area contributed by atoms with E-state index in [2.05, 4.69) is 5.16 Å². The molecule has 11 heavy (non-hydrogen) atoms. The Morgan fingerprint density at radius 3 is 2.91 bits per heavy atom. The van der Waals surface area contributed by atoms with Gasteiger partial charge in [0.05, 0.1) is 0 Å². The second kappa shape index (κ2) is 3.09. The fourth-order valence-corrected chi connectivity index (χ4v) is 0.755. The molecule has 60 valence electrons. The largest absolute Gasteiger partial charge is 0.458 e. The molecular formula is C7H10N2O2. The standard InChI is InChI=1S/C7H10N2O2/c1-2-5-3-4-6(11-5)7(8)9-10/h3-4,10H,2H2,1H3,(H2,8,9). The molecule has 1 aromatic rings. The molecule has 0 unspecified atom stereocenters. The highest BCUT2D eigenvalue weighted by Gasteiger charge is 2.03. The van der Waals surface area contributed by atoms with Crippen molar-refractivity contribution >= 4 is 5.84 Å². The van der Waals surface area contributed by atoms with Crippen LogP contribution in [0.2, 0.25) is 0 Å². The van der Waals surface area contributed by atoms with Crippen LogP contribution in [-0.2, 0) is 6.42 Å². The number of rotatable bonds is 2. The molecule has 0 saturated heterocycles. The Kier molecular flexibility index (Phi) is 2.15. The zero-order valence-corrected chi connectivity index (χ0v) is 6.24. The average Bonchev–Trinajstić information content (AvgIpc) is 2.50. The first-order chi connectivity index (χ1) is 5.27. The van der Waals surface area contributed by atoms with E-state index < -0.39 is 0 Å². The van der Waals surface area contributed by atoms with E-state index in [-0.39, 0.29) is 5.84 Å². The molecule has 4 heteroatoms. The van der Waals surface area contributed by atoms with Crippen LogP contribution < -0.4 is 5.73 Å². The van der Waals surface area contributed by atoms with Crippen LogP contribution in [0.3, 0.4) is 0 Å². The number of nitrogens with two attached hydrogens (primary N) is 1. The van der Waals surface area contributed by atoms with E-state index >= 15 is 0 Å². The molecule has 0 fully saturated rings. The van der Waals surface area contributed by atoms with Gasteiger partial charge in [-0.2, -0.15) is 0 Å². The predicted molar refractivity (Wildman–Crippen MR) is 40.6 cm³/mol. The number of hydrogen-bond acceptors (Lipinski definition) is 3. The molecule has 1 aromatic heterocycles.